The second-order valence-corrected chi connectivity index (χ2v) is 7.13. The molecule has 1 aliphatic carbocycles. The molecule has 3 heterocycles. The molecule has 1 N–H and O–H groups in total. The van der Waals surface area contributed by atoms with Gasteiger partial charge in [0.1, 0.15) is 6.10 Å². The zero-order chi connectivity index (χ0) is 17.5. The second kappa shape index (κ2) is 6.34. The van der Waals surface area contributed by atoms with E-state index in [0.717, 1.165) is 55.4 Å². The maximum Gasteiger partial charge on any atom is 0.229 e. The molecule has 3 aromatic rings. The molecule has 0 radical (unpaired) electrons. The average molecular weight is 351 g/mol. The van der Waals surface area contributed by atoms with Crippen molar-refractivity contribution in [2.24, 2.45) is 0 Å². The molecule has 2 aromatic heterocycles. The normalized spacial score (nSPS) is 18.7. The van der Waals surface area contributed by atoms with Gasteiger partial charge in [0.05, 0.1) is 24.5 Å². The van der Waals surface area contributed by atoms with E-state index in [2.05, 4.69) is 20.1 Å². The summed E-state index contributed by atoms with van der Waals surface area (Å²) in [6.45, 7) is 3.12. The van der Waals surface area contributed by atoms with Crippen LogP contribution in [0.4, 0.5) is 0 Å². The number of nitrogens with zero attached hydrogens (tertiary/aromatic N) is 5. The summed E-state index contributed by atoms with van der Waals surface area (Å²) >= 11 is 0. The maximum atomic E-state index is 10.6. The van der Waals surface area contributed by atoms with Crippen LogP contribution in [0.3, 0.4) is 0 Å². The van der Waals surface area contributed by atoms with Crippen molar-refractivity contribution in [1.82, 2.24) is 24.8 Å². The lowest BCUT2D eigenvalue weighted by Gasteiger charge is -2.26. The van der Waals surface area contributed by atoms with Gasteiger partial charge in [-0.25, -0.2) is 0 Å². The maximum absolute atomic E-state index is 10.6. The Morgan fingerprint density at radius 3 is 2.85 bits per heavy atom. The molecule has 1 aliphatic heterocycles. The summed E-state index contributed by atoms with van der Waals surface area (Å²) in [5.41, 5.74) is 2.66. The Labute approximate surface area is 151 Å². The fourth-order valence-corrected chi connectivity index (χ4v) is 3.45. The lowest BCUT2D eigenvalue weighted by molar-refractivity contribution is 0.195. The van der Waals surface area contributed by atoms with E-state index in [1.54, 1.807) is 0 Å². The van der Waals surface area contributed by atoms with E-state index in [-0.39, 0.29) is 0 Å². The van der Waals surface area contributed by atoms with Gasteiger partial charge in [-0.3, -0.25) is 9.58 Å². The Kier molecular flexibility index (Phi) is 3.83. The van der Waals surface area contributed by atoms with Gasteiger partial charge in [-0.05, 0) is 24.5 Å². The van der Waals surface area contributed by atoms with Gasteiger partial charge in [-0.15, -0.1) is 0 Å². The molecule has 26 heavy (non-hydrogen) atoms. The number of aliphatic hydroxyl groups is 1. The van der Waals surface area contributed by atoms with Crippen molar-refractivity contribution in [3.8, 4) is 0 Å². The van der Waals surface area contributed by atoms with Crippen molar-refractivity contribution in [2.75, 3.05) is 6.54 Å². The van der Waals surface area contributed by atoms with Gasteiger partial charge in [0.15, 0.2) is 5.82 Å². The summed E-state index contributed by atoms with van der Waals surface area (Å²) in [6.07, 6.45) is 1.63. The van der Waals surface area contributed by atoms with Gasteiger partial charge in [0.25, 0.3) is 0 Å². The predicted octanol–water partition coefficient (Wildman–Crippen LogP) is 2.24. The molecule has 0 amide bonds. The van der Waals surface area contributed by atoms with Crippen molar-refractivity contribution < 1.29 is 9.63 Å². The lowest BCUT2D eigenvalue weighted by Crippen LogP contribution is -2.33. The zero-order valence-electron chi connectivity index (χ0n) is 14.5. The molecule has 2 aliphatic rings. The number of hydrogen-bond acceptors (Lipinski definition) is 6. The summed E-state index contributed by atoms with van der Waals surface area (Å²) in [6, 6.07) is 11.6. The minimum absolute atomic E-state index is 0.487. The molecular weight excluding hydrogens is 330 g/mol. The van der Waals surface area contributed by atoms with Crippen molar-refractivity contribution in [3.05, 3.63) is 65.1 Å². The molecule has 1 fully saturated rings. The summed E-state index contributed by atoms with van der Waals surface area (Å²) < 4.78 is 7.34. The summed E-state index contributed by atoms with van der Waals surface area (Å²) in [7, 11) is 0. The molecule has 1 atom stereocenters. The van der Waals surface area contributed by atoms with E-state index >= 15 is 0 Å². The van der Waals surface area contributed by atoms with Crippen molar-refractivity contribution in [1.29, 1.82) is 0 Å². The molecule has 5 rings (SSSR count). The number of hydrogen-bond donors (Lipinski definition) is 1. The summed E-state index contributed by atoms with van der Waals surface area (Å²) in [5, 5.41) is 19.3. The highest BCUT2D eigenvalue weighted by molar-refractivity contribution is 5.26. The van der Waals surface area contributed by atoms with Crippen molar-refractivity contribution >= 4 is 0 Å². The number of fused-ring (bicyclic) bond motifs is 1. The van der Waals surface area contributed by atoms with Gasteiger partial charge in [-0.2, -0.15) is 10.1 Å². The highest BCUT2D eigenvalue weighted by atomic mass is 16.5. The molecule has 134 valence electrons. The SMILES string of the molecule is OC(c1ccccc1)c1cc2n(n1)CCN(Cc1noc(C3CC3)n1)C2. The first-order valence-corrected chi connectivity index (χ1v) is 9.11. The largest absolute Gasteiger partial charge is 0.382 e. The Balaban J connectivity index is 1.29. The third-order valence-corrected chi connectivity index (χ3v) is 5.07. The van der Waals surface area contributed by atoms with Crippen LogP contribution in [-0.4, -0.2) is 36.5 Å². The van der Waals surface area contributed by atoms with Crippen LogP contribution in [0.15, 0.2) is 40.9 Å². The summed E-state index contributed by atoms with van der Waals surface area (Å²) in [4.78, 5) is 6.80. The molecule has 1 unspecified atom stereocenters. The monoisotopic (exact) mass is 351 g/mol. The van der Waals surface area contributed by atoms with Gasteiger partial charge in [-0.1, -0.05) is 35.5 Å². The highest BCUT2D eigenvalue weighted by Crippen LogP contribution is 2.38. The average Bonchev–Trinajstić information content (AvgIpc) is 3.27. The van der Waals surface area contributed by atoms with E-state index in [0.29, 0.717) is 18.2 Å². The first kappa shape index (κ1) is 15.7. The van der Waals surface area contributed by atoms with Crippen molar-refractivity contribution in [2.45, 2.75) is 44.5 Å². The molecule has 1 aromatic carbocycles. The minimum atomic E-state index is -0.693. The zero-order valence-corrected chi connectivity index (χ0v) is 14.5. The topological polar surface area (TPSA) is 80.2 Å². The fourth-order valence-electron chi connectivity index (χ4n) is 3.45. The predicted molar refractivity (Wildman–Crippen MR) is 93.1 cm³/mol. The first-order chi connectivity index (χ1) is 12.8. The van der Waals surface area contributed by atoms with Crippen LogP contribution in [0.5, 0.6) is 0 Å². The van der Waals surface area contributed by atoms with Crippen LogP contribution in [-0.2, 0) is 19.6 Å². The van der Waals surface area contributed by atoms with Crippen LogP contribution < -0.4 is 0 Å². The number of aliphatic hydroxyl groups excluding tert-OH is 1. The standard InChI is InChI=1S/C19H21N5O2/c25-18(13-4-2-1-3-5-13)16-10-15-11-23(8-9-24(15)21-16)12-17-20-19(26-22-17)14-6-7-14/h1-5,10,14,18,25H,6-9,11-12H2. The van der Waals surface area contributed by atoms with Crippen molar-refractivity contribution in [3.63, 3.8) is 0 Å². The lowest BCUT2D eigenvalue weighted by atomic mass is 10.1. The first-order valence-electron chi connectivity index (χ1n) is 9.11. The third-order valence-electron chi connectivity index (χ3n) is 5.07. The molecule has 0 saturated heterocycles. The van der Waals surface area contributed by atoms with E-state index in [4.69, 9.17) is 4.52 Å². The smallest absolute Gasteiger partial charge is 0.229 e. The number of benzene rings is 1. The van der Waals surface area contributed by atoms with Crippen LogP contribution in [0.2, 0.25) is 0 Å². The Hall–Kier alpha value is -2.51. The quantitative estimate of drug-likeness (QED) is 0.759. The van der Waals surface area contributed by atoms with Gasteiger partial charge >= 0.3 is 0 Å². The molecule has 0 spiro atoms. The van der Waals surface area contributed by atoms with Gasteiger partial charge in [0.2, 0.25) is 5.89 Å². The van der Waals surface area contributed by atoms with E-state index < -0.39 is 6.10 Å². The Morgan fingerprint density at radius 1 is 1.19 bits per heavy atom. The second-order valence-electron chi connectivity index (χ2n) is 7.13. The van der Waals surface area contributed by atoms with Crippen LogP contribution in [0.25, 0.3) is 0 Å². The minimum Gasteiger partial charge on any atom is -0.382 e. The fraction of sp³-hybridized carbons (Fsp3) is 0.421. The number of rotatable bonds is 5. The van der Waals surface area contributed by atoms with E-state index in [9.17, 15) is 5.11 Å². The Bertz CT molecular complexity index is 900. The molecule has 7 nitrogen and oxygen atoms in total. The highest BCUT2D eigenvalue weighted by Gasteiger charge is 2.30. The molecule has 7 heteroatoms. The molecular formula is C19H21N5O2. The Morgan fingerprint density at radius 2 is 2.04 bits per heavy atom. The molecule has 1 saturated carbocycles. The molecule has 0 bridgehead atoms. The summed E-state index contributed by atoms with van der Waals surface area (Å²) in [5.74, 6) is 2.03. The van der Waals surface area contributed by atoms with Gasteiger partial charge in [0, 0.05) is 19.0 Å². The number of aromatic nitrogens is 4. The van der Waals surface area contributed by atoms with Gasteiger partial charge < -0.3 is 9.63 Å². The third kappa shape index (κ3) is 3.04. The van der Waals surface area contributed by atoms with Crippen LogP contribution in [0.1, 0.15) is 53.5 Å². The van der Waals surface area contributed by atoms with E-state index in [1.165, 1.54) is 0 Å². The van der Waals surface area contributed by atoms with Crippen LogP contribution >= 0.6 is 0 Å². The van der Waals surface area contributed by atoms with E-state index in [1.807, 2.05) is 41.1 Å². The van der Waals surface area contributed by atoms with Crippen LogP contribution in [0, 0.1) is 0 Å².